The second kappa shape index (κ2) is 11.0. The van der Waals surface area contributed by atoms with Gasteiger partial charge in [-0.15, -0.1) is 0 Å². The van der Waals surface area contributed by atoms with Gasteiger partial charge in [0.15, 0.2) is 6.03 Å². The molecular formula is C19H25ClN5NaO4S. The molecule has 2 amide bonds. The van der Waals surface area contributed by atoms with Gasteiger partial charge in [-0.25, -0.2) is 8.42 Å². The Morgan fingerprint density at radius 2 is 2.00 bits per heavy atom. The second-order valence-electron chi connectivity index (χ2n) is 7.44. The van der Waals surface area contributed by atoms with Crippen molar-refractivity contribution in [2.24, 2.45) is 7.05 Å². The van der Waals surface area contributed by atoms with Crippen LogP contribution in [0.5, 0.6) is 0 Å². The van der Waals surface area contributed by atoms with Gasteiger partial charge in [-0.05, 0) is 42.1 Å². The first-order valence-electron chi connectivity index (χ1n) is 9.61. The fourth-order valence-electron chi connectivity index (χ4n) is 3.29. The molecule has 0 bridgehead atoms. The third-order valence-corrected chi connectivity index (χ3v) is 6.37. The van der Waals surface area contributed by atoms with E-state index in [-0.39, 0.29) is 41.5 Å². The van der Waals surface area contributed by atoms with E-state index in [9.17, 15) is 13.2 Å². The number of benzene rings is 1. The molecule has 0 atom stereocenters. The number of amides is 2. The Morgan fingerprint density at radius 1 is 1.32 bits per heavy atom. The second-order valence-corrected chi connectivity index (χ2v) is 9.35. The first-order chi connectivity index (χ1) is 14.2. The summed E-state index contributed by atoms with van der Waals surface area (Å²) in [4.78, 5) is 12.5. The van der Waals surface area contributed by atoms with E-state index in [0.717, 1.165) is 9.87 Å². The molecule has 1 aromatic heterocycles. The Kier molecular flexibility index (Phi) is 9.23. The molecule has 0 aliphatic carbocycles. The molecule has 0 radical (unpaired) electrons. The molecule has 2 aromatic rings. The van der Waals surface area contributed by atoms with Crippen molar-refractivity contribution in [3.8, 4) is 0 Å². The first kappa shape index (κ1) is 26.0. The molecule has 2 heterocycles. The van der Waals surface area contributed by atoms with Gasteiger partial charge < -0.3 is 14.8 Å². The summed E-state index contributed by atoms with van der Waals surface area (Å²) >= 11 is 6.12. The number of nitrogens with zero attached hydrogens (tertiary/aromatic N) is 4. The van der Waals surface area contributed by atoms with Gasteiger partial charge in [0.1, 0.15) is 0 Å². The van der Waals surface area contributed by atoms with E-state index in [1.807, 2.05) is 13.8 Å². The number of hydrogen-bond acceptors (Lipinski definition) is 5. The van der Waals surface area contributed by atoms with Crippen LogP contribution in [-0.2, 0) is 22.0 Å². The zero-order chi connectivity index (χ0) is 21.9. The van der Waals surface area contributed by atoms with Crippen LogP contribution in [0.1, 0.15) is 38.2 Å². The number of hydrogen-bond donors (Lipinski definition) is 1. The number of anilines is 2. The van der Waals surface area contributed by atoms with Crippen LogP contribution in [0.3, 0.4) is 0 Å². The van der Waals surface area contributed by atoms with Crippen molar-refractivity contribution in [2.45, 2.75) is 38.6 Å². The van der Waals surface area contributed by atoms with E-state index in [1.165, 1.54) is 10.9 Å². The normalized spacial score (nSPS) is 14.7. The van der Waals surface area contributed by atoms with Gasteiger partial charge in [0.05, 0.1) is 11.9 Å². The fourth-order valence-corrected chi connectivity index (χ4v) is 4.82. The van der Waals surface area contributed by atoms with Gasteiger partial charge in [0.2, 0.25) is 0 Å². The quantitative estimate of drug-likeness (QED) is 0.625. The number of aryl methyl sites for hydroxylation is 1. The summed E-state index contributed by atoms with van der Waals surface area (Å²) in [6.07, 6.45) is 4.01. The van der Waals surface area contributed by atoms with Crippen molar-refractivity contribution in [3.63, 3.8) is 0 Å². The van der Waals surface area contributed by atoms with Crippen molar-refractivity contribution >= 4 is 39.2 Å². The summed E-state index contributed by atoms with van der Waals surface area (Å²) in [5, 5.41) is 7.00. The van der Waals surface area contributed by atoms with Crippen LogP contribution < -0.4 is 39.2 Å². The van der Waals surface area contributed by atoms with Gasteiger partial charge in [0.25, 0.3) is 10.2 Å². The van der Waals surface area contributed by atoms with Gasteiger partial charge in [-0.3, -0.25) is 13.8 Å². The van der Waals surface area contributed by atoms with E-state index < -0.39 is 16.2 Å². The van der Waals surface area contributed by atoms with Gasteiger partial charge >= 0.3 is 29.6 Å². The van der Waals surface area contributed by atoms with Crippen molar-refractivity contribution in [1.82, 2.24) is 9.78 Å². The van der Waals surface area contributed by atoms with E-state index in [0.29, 0.717) is 42.5 Å². The Labute approximate surface area is 209 Å². The number of halogens is 1. The van der Waals surface area contributed by atoms with Crippen LogP contribution in [-0.4, -0.2) is 43.5 Å². The van der Waals surface area contributed by atoms with Crippen molar-refractivity contribution in [1.29, 1.82) is 0 Å². The van der Waals surface area contributed by atoms with Crippen LogP contribution in [0, 0.1) is 0 Å². The predicted molar refractivity (Wildman–Crippen MR) is 116 cm³/mol. The average Bonchev–Trinajstić information content (AvgIpc) is 3.06. The van der Waals surface area contributed by atoms with Crippen molar-refractivity contribution in [2.75, 3.05) is 22.8 Å². The van der Waals surface area contributed by atoms with Gasteiger partial charge in [-0.1, -0.05) is 31.5 Å². The Balaban J connectivity index is 0.00000341. The number of carbonyl (C=O) groups is 1. The predicted octanol–water partition coefficient (Wildman–Crippen LogP) is 1.04. The van der Waals surface area contributed by atoms with Gasteiger partial charge in [-0.2, -0.15) is 5.10 Å². The van der Waals surface area contributed by atoms with Crippen LogP contribution >= 0.6 is 11.6 Å². The summed E-state index contributed by atoms with van der Waals surface area (Å²) in [5.41, 5.74) is 1.65. The molecule has 1 N–H and O–H groups in total. The molecule has 164 valence electrons. The third kappa shape index (κ3) is 6.84. The van der Waals surface area contributed by atoms with Crippen LogP contribution in [0.2, 0.25) is 5.02 Å². The standard InChI is InChI=1S/C19H26ClN5O4S.Na/c1-13(2)14-8-15(20)10-16(9-14)22-19(26)23-30(27,28)25(17-4-6-29-7-5-17)18-11-21-24(3)12-18;/h8-13,17H,4-7H2,1-3H3,(H2,22,23,26);/q;+1/p-1. The number of ether oxygens (including phenoxy) is 1. The number of carbonyl (C=O) groups excluding carboxylic acids is 1. The average molecular weight is 478 g/mol. The smallest absolute Gasteiger partial charge is 0.423 e. The molecule has 1 fully saturated rings. The molecule has 9 nitrogen and oxygen atoms in total. The van der Waals surface area contributed by atoms with Crippen molar-refractivity contribution < 1.29 is 47.5 Å². The Hall–Kier alpha value is -1.30. The summed E-state index contributed by atoms with van der Waals surface area (Å²) in [6.45, 7) is 4.85. The minimum absolute atomic E-state index is 0. The van der Waals surface area contributed by atoms with Gasteiger partial charge in [0, 0.05) is 37.5 Å². The zero-order valence-corrected chi connectivity index (χ0v) is 21.7. The number of aromatic nitrogens is 2. The largest absolute Gasteiger partial charge is 1.00 e. The summed E-state index contributed by atoms with van der Waals surface area (Å²) in [7, 11) is -2.63. The minimum Gasteiger partial charge on any atom is -0.423 e. The molecule has 1 saturated heterocycles. The Bertz CT molecular complexity index is 1010. The van der Waals surface area contributed by atoms with Crippen LogP contribution in [0.4, 0.5) is 16.2 Å². The summed E-state index contributed by atoms with van der Waals surface area (Å²) in [6, 6.07) is 3.72. The molecule has 31 heavy (non-hydrogen) atoms. The molecule has 1 aliphatic heterocycles. The number of urea groups is 1. The van der Waals surface area contributed by atoms with E-state index in [4.69, 9.17) is 16.3 Å². The fraction of sp³-hybridized carbons (Fsp3) is 0.474. The van der Waals surface area contributed by atoms with E-state index in [2.05, 4.69) is 15.1 Å². The Morgan fingerprint density at radius 3 is 2.58 bits per heavy atom. The third-order valence-electron chi connectivity index (χ3n) is 4.75. The first-order valence-corrected chi connectivity index (χ1v) is 11.4. The molecule has 0 saturated carbocycles. The molecule has 3 rings (SSSR count). The molecule has 12 heteroatoms. The monoisotopic (exact) mass is 477 g/mol. The van der Waals surface area contributed by atoms with E-state index >= 15 is 0 Å². The van der Waals surface area contributed by atoms with Crippen LogP contribution in [0.25, 0.3) is 4.72 Å². The number of rotatable bonds is 6. The molecule has 0 spiro atoms. The topological polar surface area (TPSA) is 108 Å². The number of nitrogens with one attached hydrogen (secondary N) is 1. The maximum atomic E-state index is 13.1. The summed E-state index contributed by atoms with van der Waals surface area (Å²) in [5.74, 6) is 0.189. The zero-order valence-electron chi connectivity index (χ0n) is 18.1. The van der Waals surface area contributed by atoms with Crippen molar-refractivity contribution in [3.05, 3.63) is 45.9 Å². The van der Waals surface area contributed by atoms with E-state index in [1.54, 1.807) is 31.4 Å². The molecule has 1 aromatic carbocycles. The molecule has 0 unspecified atom stereocenters. The SMILES string of the molecule is CC(C)c1cc(Cl)cc(NC(=O)[N-]S(=O)(=O)N(c2cnn(C)c2)C2CCOCC2)c1.[Na+]. The molecule has 1 aliphatic rings. The molecular weight excluding hydrogens is 453 g/mol. The van der Waals surface area contributed by atoms with Crippen LogP contribution in [0.15, 0.2) is 30.6 Å². The maximum Gasteiger partial charge on any atom is 1.00 e. The maximum absolute atomic E-state index is 13.1. The summed E-state index contributed by atoms with van der Waals surface area (Å²) < 4.78 is 37.6. The minimum atomic E-state index is -4.31.